The number of phenols is 3. The number of ether oxygens (including phenoxy) is 7. The molecule has 23 heteroatoms. The second kappa shape index (κ2) is 17.0. The molecule has 23 nitrogen and oxygen atoms in total. The lowest BCUT2D eigenvalue weighted by Crippen LogP contribution is -2.59. The molecule has 11 atom stereocenters. The van der Waals surface area contributed by atoms with Crippen molar-refractivity contribution >= 4 is 29.6 Å². The monoisotopic (exact) mass is 800 g/mol. The summed E-state index contributed by atoms with van der Waals surface area (Å²) in [7, 11) is 0. The fourth-order valence-corrected chi connectivity index (χ4v) is 5.68. The number of aliphatic hydroxyl groups excluding tert-OH is 7. The third-order valence-electron chi connectivity index (χ3n) is 8.51. The Balaban J connectivity index is 1.47. The average molecular weight is 801 g/mol. The number of hydrogen-bond acceptors (Lipinski definition) is 21. The molecule has 12 N–H and O–H groups in total. The molecule has 4 aliphatic rings. The predicted molar refractivity (Wildman–Crippen MR) is 172 cm³/mol. The SMILES string of the molecule is O=C(O)CC(=O)OCC1OC(OC2=CC(O)=CC3OC(c4cc(O)c(O)c(O)c4)=C(OC4OC(COC(=O)CC(=O)O)C(O)C(O)C4O)C=C23)C(O)C(O)C1O. The van der Waals surface area contributed by atoms with Crippen LogP contribution < -0.4 is 0 Å². The molecule has 2 saturated heterocycles. The molecule has 0 radical (unpaired) electrons. The standard InChI is InChI=1S/C33H36O23/c34-11-3-15-12(16(4-11)53-32-29(48)27(46)25(44)18(55-32)8-50-22(41)6-20(37)38)5-17(31(52-15)10-1-13(35)24(43)14(36)2-10)54-33-30(49)28(47)26(45)19(56-33)9-51-23(42)7-21(39)40/h1-5,15,18-19,25-30,32-36,43-49H,6-9H2,(H,37,38)(H,39,40). The molecule has 306 valence electrons. The van der Waals surface area contributed by atoms with Gasteiger partial charge < -0.3 is 94.4 Å². The van der Waals surface area contributed by atoms with Crippen LogP contribution in [0, 0.1) is 0 Å². The van der Waals surface area contributed by atoms with Crippen LogP contribution in [0.4, 0.5) is 0 Å². The zero-order valence-electron chi connectivity index (χ0n) is 28.4. The van der Waals surface area contributed by atoms with Crippen molar-refractivity contribution in [3.8, 4) is 17.2 Å². The van der Waals surface area contributed by atoms with Crippen molar-refractivity contribution in [3.63, 3.8) is 0 Å². The van der Waals surface area contributed by atoms with Crippen LogP contribution in [0.5, 0.6) is 17.2 Å². The smallest absolute Gasteiger partial charge is 0.317 e. The largest absolute Gasteiger partial charge is 0.508 e. The van der Waals surface area contributed by atoms with Gasteiger partial charge in [-0.25, -0.2) is 0 Å². The van der Waals surface area contributed by atoms with E-state index < -0.39 is 152 Å². The van der Waals surface area contributed by atoms with Crippen molar-refractivity contribution in [1.29, 1.82) is 0 Å². The summed E-state index contributed by atoms with van der Waals surface area (Å²) in [6, 6.07) is 1.83. The fraction of sp³-hybridized carbons (Fsp3) is 0.455. The van der Waals surface area contributed by atoms with Gasteiger partial charge in [0, 0.05) is 23.3 Å². The topological polar surface area (TPSA) is 376 Å². The first-order valence-electron chi connectivity index (χ1n) is 16.3. The molecule has 2 fully saturated rings. The highest BCUT2D eigenvalue weighted by Crippen LogP contribution is 2.43. The minimum Gasteiger partial charge on any atom is -0.508 e. The van der Waals surface area contributed by atoms with Gasteiger partial charge in [0.25, 0.3) is 0 Å². The maximum atomic E-state index is 11.8. The number of phenolic OH excluding ortho intramolecular Hbond substituents is 3. The number of carboxylic acids is 2. The first-order chi connectivity index (χ1) is 26.3. The molecule has 0 saturated carbocycles. The van der Waals surface area contributed by atoms with Gasteiger partial charge in [-0.3, -0.25) is 19.2 Å². The number of hydrogen-bond donors (Lipinski definition) is 12. The maximum Gasteiger partial charge on any atom is 0.317 e. The number of fused-ring (bicyclic) bond motifs is 1. The summed E-state index contributed by atoms with van der Waals surface area (Å²) in [5.74, 6) is -9.85. The van der Waals surface area contributed by atoms with Gasteiger partial charge in [-0.2, -0.15) is 0 Å². The van der Waals surface area contributed by atoms with Crippen molar-refractivity contribution in [2.45, 2.75) is 80.4 Å². The van der Waals surface area contributed by atoms with Crippen LogP contribution in [0.3, 0.4) is 0 Å². The summed E-state index contributed by atoms with van der Waals surface area (Å²) < 4.78 is 38.4. The third kappa shape index (κ3) is 9.23. The molecule has 0 amide bonds. The first-order valence-corrected chi connectivity index (χ1v) is 16.3. The van der Waals surface area contributed by atoms with Gasteiger partial charge in [0.1, 0.15) is 92.5 Å². The van der Waals surface area contributed by atoms with E-state index in [0.717, 1.165) is 30.4 Å². The lowest BCUT2D eigenvalue weighted by Gasteiger charge is -2.42. The number of carboxylic acid groups (broad SMARTS) is 2. The lowest BCUT2D eigenvalue weighted by atomic mass is 9.96. The minimum absolute atomic E-state index is 0.0837. The Morgan fingerprint density at radius 3 is 1.61 bits per heavy atom. The Morgan fingerprint density at radius 2 is 1.12 bits per heavy atom. The van der Waals surface area contributed by atoms with E-state index in [-0.39, 0.29) is 16.9 Å². The molecule has 1 aliphatic carbocycles. The summed E-state index contributed by atoms with van der Waals surface area (Å²) >= 11 is 0. The van der Waals surface area contributed by atoms with Crippen molar-refractivity contribution < 1.29 is 114 Å². The first kappa shape index (κ1) is 41.5. The summed E-state index contributed by atoms with van der Waals surface area (Å²) in [4.78, 5) is 45.2. The number of allylic oxidation sites excluding steroid dienone is 2. The van der Waals surface area contributed by atoms with Gasteiger partial charge in [-0.15, -0.1) is 0 Å². The van der Waals surface area contributed by atoms with Gasteiger partial charge >= 0.3 is 23.9 Å². The number of aliphatic carboxylic acids is 2. The molecule has 1 aromatic rings. The van der Waals surface area contributed by atoms with Crippen LogP contribution in [-0.4, -0.2) is 166 Å². The molecule has 3 aliphatic heterocycles. The number of esters is 2. The summed E-state index contributed by atoms with van der Waals surface area (Å²) in [6.07, 6.45) is -19.1. The Labute approximate surface area is 312 Å². The van der Waals surface area contributed by atoms with Gasteiger partial charge in [0.15, 0.2) is 28.8 Å². The van der Waals surface area contributed by atoms with Gasteiger partial charge in [-0.1, -0.05) is 0 Å². The zero-order valence-corrected chi connectivity index (χ0v) is 28.4. The van der Waals surface area contributed by atoms with Crippen LogP contribution in [0.25, 0.3) is 5.76 Å². The van der Waals surface area contributed by atoms with Gasteiger partial charge in [0.05, 0.1) is 0 Å². The Bertz CT molecular complexity index is 1810. The number of aliphatic hydroxyl groups is 7. The molecule has 0 bridgehead atoms. The quantitative estimate of drug-likeness (QED) is 0.0531. The van der Waals surface area contributed by atoms with E-state index in [4.69, 9.17) is 43.4 Å². The minimum atomic E-state index is -2.05. The van der Waals surface area contributed by atoms with E-state index in [0.29, 0.717) is 0 Å². The molecular weight excluding hydrogens is 764 g/mol. The molecule has 0 aromatic heterocycles. The lowest BCUT2D eigenvalue weighted by molar-refractivity contribution is -0.292. The number of carbonyl (C=O) groups is 4. The molecule has 56 heavy (non-hydrogen) atoms. The number of carbonyl (C=O) groups excluding carboxylic acids is 2. The highest BCUT2D eigenvalue weighted by molar-refractivity contribution is 5.90. The number of benzene rings is 1. The van der Waals surface area contributed by atoms with Crippen LogP contribution in [0.15, 0.2) is 53.2 Å². The maximum absolute atomic E-state index is 11.8. The number of aromatic hydroxyl groups is 3. The van der Waals surface area contributed by atoms with Crippen molar-refractivity contribution in [3.05, 3.63) is 58.8 Å². The molecule has 3 heterocycles. The summed E-state index contributed by atoms with van der Waals surface area (Å²) in [5, 5.41) is 122. The Kier molecular flexibility index (Phi) is 12.6. The van der Waals surface area contributed by atoms with Gasteiger partial charge in [-0.05, 0) is 18.2 Å². The highest BCUT2D eigenvalue weighted by atomic mass is 16.7. The molecule has 5 rings (SSSR count). The molecular formula is C33H36O23. The van der Waals surface area contributed by atoms with E-state index in [1.165, 1.54) is 0 Å². The van der Waals surface area contributed by atoms with E-state index in [2.05, 4.69) is 0 Å². The van der Waals surface area contributed by atoms with Crippen LogP contribution >= 0.6 is 0 Å². The Morgan fingerprint density at radius 1 is 0.643 bits per heavy atom. The van der Waals surface area contributed by atoms with Gasteiger partial charge in [0.2, 0.25) is 12.6 Å². The third-order valence-corrected chi connectivity index (χ3v) is 8.51. The molecule has 1 aromatic carbocycles. The van der Waals surface area contributed by atoms with Crippen molar-refractivity contribution in [2.24, 2.45) is 0 Å². The van der Waals surface area contributed by atoms with E-state index >= 15 is 0 Å². The summed E-state index contributed by atoms with van der Waals surface area (Å²) in [5.41, 5.74) is -0.291. The molecule has 11 unspecified atom stereocenters. The predicted octanol–water partition coefficient (Wildman–Crippen LogP) is -3.18. The highest BCUT2D eigenvalue weighted by Gasteiger charge is 2.48. The van der Waals surface area contributed by atoms with Crippen LogP contribution in [-0.2, 0) is 52.3 Å². The van der Waals surface area contributed by atoms with Crippen LogP contribution in [0.2, 0.25) is 0 Å². The zero-order chi connectivity index (χ0) is 41.2. The van der Waals surface area contributed by atoms with E-state index in [1.807, 2.05) is 0 Å². The fourth-order valence-electron chi connectivity index (χ4n) is 5.68. The second-order valence-corrected chi connectivity index (χ2v) is 12.6. The van der Waals surface area contributed by atoms with Crippen molar-refractivity contribution in [1.82, 2.24) is 0 Å². The summed E-state index contributed by atoms with van der Waals surface area (Å²) in [6.45, 7) is -1.62. The van der Waals surface area contributed by atoms with Crippen LogP contribution in [0.1, 0.15) is 18.4 Å². The van der Waals surface area contributed by atoms with E-state index in [9.17, 15) is 70.2 Å². The van der Waals surface area contributed by atoms with Crippen molar-refractivity contribution in [2.75, 3.05) is 13.2 Å². The van der Waals surface area contributed by atoms with E-state index in [1.54, 1.807) is 0 Å². The molecule has 0 spiro atoms. The normalized spacial score (nSPS) is 31.4. The second-order valence-electron chi connectivity index (χ2n) is 12.6. The Hall–Kier alpha value is -5.66. The number of rotatable bonds is 13. The average Bonchev–Trinajstić information content (AvgIpc) is 3.12.